The Kier molecular flexibility index (Phi) is 5.94. The SMILES string of the molecule is CC(C)(C(=O)NC1C2CC3CC1CC(C(=O)NCc1cccc(C(N)=O)c1)(C3)C2)c1ccccc1. The minimum atomic E-state index is -0.607. The van der Waals surface area contributed by atoms with Crippen molar-refractivity contribution in [3.05, 3.63) is 71.3 Å². The fraction of sp³-hybridized carbons (Fsp3) is 0.483. The largest absolute Gasteiger partial charge is 0.366 e. The second kappa shape index (κ2) is 8.81. The molecule has 2 atom stereocenters. The smallest absolute Gasteiger partial charge is 0.248 e. The normalized spacial score (nSPS) is 29.0. The van der Waals surface area contributed by atoms with E-state index in [1.165, 1.54) is 0 Å². The fourth-order valence-electron chi connectivity index (χ4n) is 7.06. The molecule has 2 unspecified atom stereocenters. The third-order valence-corrected chi connectivity index (χ3v) is 8.78. The molecule has 3 amide bonds. The van der Waals surface area contributed by atoms with Gasteiger partial charge in [0.15, 0.2) is 0 Å². The molecule has 0 saturated heterocycles. The summed E-state index contributed by atoms with van der Waals surface area (Å²) in [5.41, 5.74) is 6.76. The van der Waals surface area contributed by atoms with E-state index >= 15 is 0 Å². The van der Waals surface area contributed by atoms with E-state index < -0.39 is 11.3 Å². The number of hydrogen-bond donors (Lipinski definition) is 3. The zero-order chi connectivity index (χ0) is 24.8. The molecule has 6 rings (SSSR count). The molecule has 6 nitrogen and oxygen atoms in total. The molecule has 0 radical (unpaired) electrons. The van der Waals surface area contributed by atoms with Crippen molar-refractivity contribution < 1.29 is 14.4 Å². The number of primary amides is 1. The molecule has 6 heteroatoms. The summed E-state index contributed by atoms with van der Waals surface area (Å²) < 4.78 is 0. The van der Waals surface area contributed by atoms with Crippen molar-refractivity contribution in [2.75, 3.05) is 0 Å². The number of hydrogen-bond acceptors (Lipinski definition) is 3. The Bertz CT molecular complexity index is 1130. The molecule has 2 aromatic rings. The highest BCUT2D eigenvalue weighted by atomic mass is 16.2. The summed E-state index contributed by atoms with van der Waals surface area (Å²) in [6, 6.07) is 17.2. The summed E-state index contributed by atoms with van der Waals surface area (Å²) in [6.45, 7) is 4.35. The number of benzene rings is 2. The number of rotatable bonds is 7. The van der Waals surface area contributed by atoms with Gasteiger partial charge in [0.2, 0.25) is 17.7 Å². The van der Waals surface area contributed by atoms with Crippen molar-refractivity contribution in [1.82, 2.24) is 10.6 Å². The molecule has 184 valence electrons. The van der Waals surface area contributed by atoms with Crippen LogP contribution in [-0.2, 0) is 21.5 Å². The molecule has 35 heavy (non-hydrogen) atoms. The first-order chi connectivity index (χ1) is 16.7. The maximum Gasteiger partial charge on any atom is 0.248 e. The van der Waals surface area contributed by atoms with Crippen LogP contribution in [0.1, 0.15) is 67.4 Å². The van der Waals surface area contributed by atoms with Crippen molar-refractivity contribution in [3.8, 4) is 0 Å². The van der Waals surface area contributed by atoms with Gasteiger partial charge in [-0.05, 0) is 87.0 Å². The lowest BCUT2D eigenvalue weighted by Gasteiger charge is -2.59. The second-order valence-corrected chi connectivity index (χ2v) is 11.5. The second-order valence-electron chi connectivity index (χ2n) is 11.5. The van der Waals surface area contributed by atoms with Crippen molar-refractivity contribution in [2.45, 2.75) is 64.0 Å². The van der Waals surface area contributed by atoms with E-state index in [-0.39, 0.29) is 23.3 Å². The van der Waals surface area contributed by atoms with Gasteiger partial charge in [-0.1, -0.05) is 42.5 Å². The molecule has 4 aliphatic carbocycles. The zero-order valence-corrected chi connectivity index (χ0v) is 20.6. The van der Waals surface area contributed by atoms with Crippen molar-refractivity contribution in [3.63, 3.8) is 0 Å². The quantitative estimate of drug-likeness (QED) is 0.572. The minimum Gasteiger partial charge on any atom is -0.366 e. The average Bonchev–Trinajstić information content (AvgIpc) is 2.84. The topological polar surface area (TPSA) is 101 Å². The van der Waals surface area contributed by atoms with E-state index in [0.717, 1.165) is 43.2 Å². The van der Waals surface area contributed by atoms with Gasteiger partial charge in [-0.25, -0.2) is 0 Å². The van der Waals surface area contributed by atoms with Crippen LogP contribution in [0.4, 0.5) is 0 Å². The number of amides is 3. The van der Waals surface area contributed by atoms with E-state index in [0.29, 0.717) is 29.9 Å². The summed E-state index contributed by atoms with van der Waals surface area (Å²) in [6.07, 6.45) is 4.75. The molecule has 0 aliphatic heterocycles. The van der Waals surface area contributed by atoms with E-state index in [4.69, 9.17) is 5.73 Å². The Morgan fingerprint density at radius 1 is 0.971 bits per heavy atom. The van der Waals surface area contributed by atoms with Crippen LogP contribution < -0.4 is 16.4 Å². The summed E-state index contributed by atoms with van der Waals surface area (Å²) >= 11 is 0. The molecule has 4 N–H and O–H groups in total. The molecular weight excluding hydrogens is 438 g/mol. The average molecular weight is 474 g/mol. The van der Waals surface area contributed by atoms with Gasteiger partial charge in [0.05, 0.1) is 10.8 Å². The highest BCUT2D eigenvalue weighted by Crippen LogP contribution is 2.60. The maximum absolute atomic E-state index is 13.5. The van der Waals surface area contributed by atoms with E-state index in [2.05, 4.69) is 10.6 Å². The molecule has 4 saturated carbocycles. The lowest BCUT2D eigenvalue weighted by Crippen LogP contribution is -2.63. The van der Waals surface area contributed by atoms with E-state index in [1.54, 1.807) is 18.2 Å². The summed E-state index contributed by atoms with van der Waals surface area (Å²) in [7, 11) is 0. The first-order valence-electron chi connectivity index (χ1n) is 12.7. The third-order valence-electron chi connectivity index (χ3n) is 8.78. The maximum atomic E-state index is 13.5. The Morgan fingerprint density at radius 2 is 1.66 bits per heavy atom. The molecular formula is C29H35N3O3. The van der Waals surface area contributed by atoms with Crippen molar-refractivity contribution in [2.24, 2.45) is 28.9 Å². The summed E-state index contributed by atoms with van der Waals surface area (Å²) in [5.74, 6) is 0.917. The van der Waals surface area contributed by atoms with Crippen LogP contribution in [0.15, 0.2) is 54.6 Å². The first kappa shape index (κ1) is 23.6. The number of nitrogens with one attached hydrogen (secondary N) is 2. The fourth-order valence-corrected chi connectivity index (χ4v) is 7.06. The minimum absolute atomic E-state index is 0.0639. The zero-order valence-electron chi connectivity index (χ0n) is 20.6. The van der Waals surface area contributed by atoms with Gasteiger partial charge in [0.1, 0.15) is 0 Å². The predicted molar refractivity (Wildman–Crippen MR) is 134 cm³/mol. The van der Waals surface area contributed by atoms with Crippen LogP contribution in [0.5, 0.6) is 0 Å². The number of carbonyl (C=O) groups excluding carboxylic acids is 3. The summed E-state index contributed by atoms with van der Waals surface area (Å²) in [4.78, 5) is 38.3. The Balaban J connectivity index is 1.26. The van der Waals surface area contributed by atoms with Gasteiger partial charge in [0.25, 0.3) is 0 Å². The Morgan fingerprint density at radius 3 is 2.31 bits per heavy atom. The van der Waals surface area contributed by atoms with Crippen LogP contribution in [-0.4, -0.2) is 23.8 Å². The molecule has 2 aromatic carbocycles. The standard InChI is InChI=1S/C29H35N3O3/c1-28(2,23-9-4-3-5-10-23)26(34)32-24-21-12-19-13-22(24)16-29(14-19,15-21)27(35)31-17-18-7-6-8-20(11-18)25(30)33/h3-11,19,21-22,24H,12-17H2,1-2H3,(H2,30,33)(H,31,35)(H,32,34). The Hall–Kier alpha value is -3.15. The third kappa shape index (κ3) is 4.35. The van der Waals surface area contributed by atoms with Crippen molar-refractivity contribution >= 4 is 17.7 Å². The molecule has 4 fully saturated rings. The van der Waals surface area contributed by atoms with Crippen LogP contribution >= 0.6 is 0 Å². The van der Waals surface area contributed by atoms with Gasteiger partial charge in [-0.15, -0.1) is 0 Å². The number of nitrogens with two attached hydrogens (primary N) is 1. The molecule has 4 bridgehead atoms. The van der Waals surface area contributed by atoms with Gasteiger partial charge in [-0.2, -0.15) is 0 Å². The predicted octanol–water partition coefficient (Wildman–Crippen LogP) is 3.69. The van der Waals surface area contributed by atoms with Crippen LogP contribution in [0.25, 0.3) is 0 Å². The highest BCUT2D eigenvalue weighted by Gasteiger charge is 2.58. The molecule has 4 aliphatic rings. The molecule has 0 heterocycles. The molecule has 0 aromatic heterocycles. The molecule has 0 spiro atoms. The van der Waals surface area contributed by atoms with Gasteiger partial charge in [-0.3, -0.25) is 14.4 Å². The van der Waals surface area contributed by atoms with Crippen LogP contribution in [0.3, 0.4) is 0 Å². The van der Waals surface area contributed by atoms with E-state index in [9.17, 15) is 14.4 Å². The van der Waals surface area contributed by atoms with E-state index in [1.807, 2.05) is 50.2 Å². The van der Waals surface area contributed by atoms with Gasteiger partial charge >= 0.3 is 0 Å². The van der Waals surface area contributed by atoms with Crippen LogP contribution in [0, 0.1) is 23.2 Å². The van der Waals surface area contributed by atoms with Gasteiger partial charge in [0, 0.05) is 18.2 Å². The summed E-state index contributed by atoms with van der Waals surface area (Å²) in [5, 5.41) is 6.56. The van der Waals surface area contributed by atoms with Crippen LogP contribution in [0.2, 0.25) is 0 Å². The monoisotopic (exact) mass is 473 g/mol. The van der Waals surface area contributed by atoms with Crippen molar-refractivity contribution in [1.29, 1.82) is 0 Å². The highest BCUT2D eigenvalue weighted by molar-refractivity contribution is 5.93. The lowest BCUT2D eigenvalue weighted by atomic mass is 9.47. The Labute approximate surface area is 207 Å². The lowest BCUT2D eigenvalue weighted by molar-refractivity contribution is -0.151. The number of carbonyl (C=O) groups is 3. The van der Waals surface area contributed by atoms with Gasteiger partial charge < -0.3 is 16.4 Å². The first-order valence-corrected chi connectivity index (χ1v) is 12.7.